The molecule has 0 radical (unpaired) electrons. The topological polar surface area (TPSA) is 42.0 Å². The molecule has 0 spiro atoms. The molecule has 1 N–H and O–H groups in total. The summed E-state index contributed by atoms with van der Waals surface area (Å²) in [6.07, 6.45) is 0. The van der Waals surface area contributed by atoms with Crippen LogP contribution in [0.25, 0.3) is 0 Å². The van der Waals surface area contributed by atoms with Crippen molar-refractivity contribution in [2.75, 3.05) is 12.4 Å². The van der Waals surface area contributed by atoms with Crippen LogP contribution < -0.4 is 5.32 Å². The van der Waals surface area contributed by atoms with E-state index < -0.39 is 0 Å². The van der Waals surface area contributed by atoms with Gasteiger partial charge in [-0.1, -0.05) is 41.2 Å². The van der Waals surface area contributed by atoms with Crippen molar-refractivity contribution in [2.45, 2.75) is 13.8 Å². The van der Waals surface area contributed by atoms with Crippen molar-refractivity contribution in [1.29, 1.82) is 0 Å². The summed E-state index contributed by atoms with van der Waals surface area (Å²) in [7, 11) is 1.80. The number of ketones is 1. The Morgan fingerprint density at radius 2 is 1.88 bits per heavy atom. The van der Waals surface area contributed by atoms with Crippen molar-refractivity contribution in [3.8, 4) is 0 Å². The first-order valence-electron chi connectivity index (χ1n) is 5.38. The maximum Gasteiger partial charge on any atom is 0.204 e. The van der Waals surface area contributed by atoms with Crippen molar-refractivity contribution in [2.24, 2.45) is 0 Å². The fourth-order valence-corrected chi connectivity index (χ4v) is 2.43. The fourth-order valence-electron chi connectivity index (χ4n) is 1.55. The minimum atomic E-state index is 0.0431. The summed E-state index contributed by atoms with van der Waals surface area (Å²) in [6.45, 7) is 3.87. The summed E-state index contributed by atoms with van der Waals surface area (Å²) in [6, 6.07) is 7.61. The Hall–Kier alpha value is -1.68. The van der Waals surface area contributed by atoms with Gasteiger partial charge >= 0.3 is 0 Å². The second-order valence-corrected chi connectivity index (χ2v) is 4.88. The zero-order chi connectivity index (χ0) is 12.4. The van der Waals surface area contributed by atoms with Crippen molar-refractivity contribution in [1.82, 2.24) is 4.98 Å². The quantitative estimate of drug-likeness (QED) is 0.846. The third-order valence-electron chi connectivity index (χ3n) is 2.53. The smallest absolute Gasteiger partial charge is 0.204 e. The molecule has 1 aromatic heterocycles. The van der Waals surface area contributed by atoms with Gasteiger partial charge in [0.1, 0.15) is 0 Å². The first kappa shape index (κ1) is 11.8. The highest BCUT2D eigenvalue weighted by Gasteiger charge is 2.16. The molecule has 0 aliphatic carbocycles. The van der Waals surface area contributed by atoms with Crippen LogP contribution in [0.4, 0.5) is 5.13 Å². The van der Waals surface area contributed by atoms with E-state index in [1.165, 1.54) is 11.3 Å². The Morgan fingerprint density at radius 1 is 1.24 bits per heavy atom. The molecule has 0 saturated carbocycles. The number of nitrogens with one attached hydrogen (secondary N) is 1. The minimum Gasteiger partial charge on any atom is -0.365 e. The number of nitrogens with zero attached hydrogens (tertiary/aromatic N) is 1. The molecule has 0 aliphatic rings. The minimum absolute atomic E-state index is 0.0431. The molecule has 2 rings (SSSR count). The van der Waals surface area contributed by atoms with Gasteiger partial charge in [0, 0.05) is 12.6 Å². The summed E-state index contributed by atoms with van der Waals surface area (Å²) in [4.78, 5) is 17.2. The highest BCUT2D eigenvalue weighted by Crippen LogP contribution is 2.24. The van der Waals surface area contributed by atoms with E-state index in [1.807, 2.05) is 38.1 Å². The van der Waals surface area contributed by atoms with Gasteiger partial charge in [-0.25, -0.2) is 4.98 Å². The SMILES string of the molecule is CNc1nc(C)c(C(=O)c2ccc(C)cc2)s1. The molecule has 1 aromatic carbocycles. The van der Waals surface area contributed by atoms with E-state index in [2.05, 4.69) is 10.3 Å². The van der Waals surface area contributed by atoms with Crippen molar-refractivity contribution in [3.05, 3.63) is 46.0 Å². The van der Waals surface area contributed by atoms with Gasteiger partial charge < -0.3 is 5.32 Å². The molecule has 0 fully saturated rings. The molecule has 0 aliphatic heterocycles. The Kier molecular flexibility index (Phi) is 3.24. The number of hydrogen-bond donors (Lipinski definition) is 1. The van der Waals surface area contributed by atoms with Crippen LogP contribution in [0.15, 0.2) is 24.3 Å². The second kappa shape index (κ2) is 4.67. The van der Waals surface area contributed by atoms with Gasteiger partial charge in [-0.3, -0.25) is 4.79 Å². The van der Waals surface area contributed by atoms with E-state index in [-0.39, 0.29) is 5.78 Å². The zero-order valence-electron chi connectivity index (χ0n) is 10.1. The number of carbonyl (C=O) groups excluding carboxylic acids is 1. The van der Waals surface area contributed by atoms with Crippen LogP contribution in [0.3, 0.4) is 0 Å². The normalized spacial score (nSPS) is 10.3. The Labute approximate surface area is 105 Å². The maximum absolute atomic E-state index is 12.3. The number of benzene rings is 1. The largest absolute Gasteiger partial charge is 0.365 e. The summed E-state index contributed by atoms with van der Waals surface area (Å²) in [5.41, 5.74) is 2.65. The number of anilines is 1. The number of rotatable bonds is 3. The van der Waals surface area contributed by atoms with Gasteiger partial charge in [0.15, 0.2) is 5.13 Å². The summed E-state index contributed by atoms with van der Waals surface area (Å²) < 4.78 is 0. The van der Waals surface area contributed by atoms with Gasteiger partial charge in [-0.2, -0.15) is 0 Å². The van der Waals surface area contributed by atoms with Gasteiger partial charge in [0.25, 0.3) is 0 Å². The van der Waals surface area contributed by atoms with Crippen molar-refractivity contribution >= 4 is 22.3 Å². The number of carbonyl (C=O) groups is 1. The van der Waals surface area contributed by atoms with Crippen molar-refractivity contribution < 1.29 is 4.79 Å². The molecule has 17 heavy (non-hydrogen) atoms. The predicted octanol–water partition coefficient (Wildman–Crippen LogP) is 3.03. The predicted molar refractivity (Wildman–Crippen MR) is 71.0 cm³/mol. The van der Waals surface area contributed by atoms with E-state index in [1.54, 1.807) is 7.05 Å². The van der Waals surface area contributed by atoms with E-state index in [0.29, 0.717) is 10.4 Å². The second-order valence-electron chi connectivity index (χ2n) is 3.88. The monoisotopic (exact) mass is 246 g/mol. The molecule has 0 atom stereocenters. The van der Waals surface area contributed by atoms with Crippen LogP contribution in [0.5, 0.6) is 0 Å². The van der Waals surface area contributed by atoms with Gasteiger partial charge in [-0.15, -0.1) is 0 Å². The molecule has 88 valence electrons. The standard InChI is InChI=1S/C13H14N2OS/c1-8-4-6-10(7-5-8)11(16)12-9(2)15-13(14-3)17-12/h4-7H,1-3H3,(H,14,15). The van der Waals surface area contributed by atoms with Crippen LogP contribution >= 0.6 is 11.3 Å². The lowest BCUT2D eigenvalue weighted by Gasteiger charge is -1.99. The van der Waals surface area contributed by atoms with Gasteiger partial charge in [0.05, 0.1) is 10.6 Å². The molecule has 3 nitrogen and oxygen atoms in total. The summed E-state index contributed by atoms with van der Waals surface area (Å²) in [5, 5.41) is 3.73. The molecule has 0 saturated heterocycles. The maximum atomic E-state index is 12.3. The van der Waals surface area contributed by atoms with Crippen molar-refractivity contribution in [3.63, 3.8) is 0 Å². The first-order chi connectivity index (χ1) is 8.11. The average molecular weight is 246 g/mol. The molecule has 1 heterocycles. The first-order valence-corrected chi connectivity index (χ1v) is 6.20. The molecule has 0 amide bonds. The lowest BCUT2D eigenvalue weighted by atomic mass is 10.1. The molecule has 0 bridgehead atoms. The molecule has 4 heteroatoms. The molecule has 2 aromatic rings. The Bertz CT molecular complexity index is 543. The van der Waals surface area contributed by atoms with E-state index in [4.69, 9.17) is 0 Å². The van der Waals surface area contributed by atoms with Crippen LogP contribution in [0, 0.1) is 13.8 Å². The third kappa shape index (κ3) is 2.36. The number of hydrogen-bond acceptors (Lipinski definition) is 4. The van der Waals surface area contributed by atoms with E-state index in [0.717, 1.165) is 16.4 Å². The number of thiazole rings is 1. The van der Waals surface area contributed by atoms with E-state index >= 15 is 0 Å². The fraction of sp³-hybridized carbons (Fsp3) is 0.231. The zero-order valence-corrected chi connectivity index (χ0v) is 10.9. The third-order valence-corrected chi connectivity index (χ3v) is 3.70. The number of aromatic nitrogens is 1. The highest BCUT2D eigenvalue weighted by molar-refractivity contribution is 7.17. The van der Waals surface area contributed by atoms with Crippen LogP contribution in [0.2, 0.25) is 0 Å². The molecule has 0 unspecified atom stereocenters. The van der Waals surface area contributed by atoms with Gasteiger partial charge in [-0.05, 0) is 13.8 Å². The lowest BCUT2D eigenvalue weighted by molar-refractivity contribution is 0.104. The lowest BCUT2D eigenvalue weighted by Crippen LogP contribution is -2.00. The Morgan fingerprint density at radius 3 is 2.41 bits per heavy atom. The highest BCUT2D eigenvalue weighted by atomic mass is 32.1. The average Bonchev–Trinajstić information content (AvgIpc) is 2.71. The van der Waals surface area contributed by atoms with Crippen LogP contribution in [-0.4, -0.2) is 17.8 Å². The summed E-state index contributed by atoms with van der Waals surface area (Å²) in [5.74, 6) is 0.0431. The van der Waals surface area contributed by atoms with E-state index in [9.17, 15) is 4.79 Å². The Balaban J connectivity index is 2.36. The molecular formula is C13H14N2OS. The van der Waals surface area contributed by atoms with Gasteiger partial charge in [0.2, 0.25) is 5.78 Å². The van der Waals surface area contributed by atoms with Crippen LogP contribution in [0.1, 0.15) is 26.5 Å². The van der Waals surface area contributed by atoms with Crippen LogP contribution in [-0.2, 0) is 0 Å². The summed E-state index contributed by atoms with van der Waals surface area (Å²) >= 11 is 1.39. The molecular weight excluding hydrogens is 232 g/mol. The number of aryl methyl sites for hydroxylation is 2.